The standard InChI is InChI=1S/C12H18N4/c1-8(2)10(4)15-12-6-9(3)5-11-13-7-14-16(11)12/h5-8,10,15H,1-4H3. The van der Waals surface area contributed by atoms with Gasteiger partial charge in [0, 0.05) is 6.04 Å². The summed E-state index contributed by atoms with van der Waals surface area (Å²) in [6.07, 6.45) is 1.58. The molecule has 0 saturated heterocycles. The predicted octanol–water partition coefficient (Wildman–Crippen LogP) is 2.49. The molecule has 1 unspecified atom stereocenters. The number of nitrogens with zero attached hydrogens (tertiary/aromatic N) is 3. The number of hydrogen-bond donors (Lipinski definition) is 1. The molecule has 1 N–H and O–H groups in total. The van der Waals surface area contributed by atoms with Crippen LogP contribution in [0.25, 0.3) is 5.65 Å². The lowest BCUT2D eigenvalue weighted by Gasteiger charge is -2.19. The highest BCUT2D eigenvalue weighted by Gasteiger charge is 2.10. The molecule has 0 spiro atoms. The molecule has 0 fully saturated rings. The van der Waals surface area contributed by atoms with Crippen LogP contribution in [0.3, 0.4) is 0 Å². The lowest BCUT2D eigenvalue weighted by Crippen LogP contribution is -2.23. The average molecular weight is 218 g/mol. The van der Waals surface area contributed by atoms with Crippen molar-refractivity contribution < 1.29 is 0 Å². The van der Waals surface area contributed by atoms with E-state index < -0.39 is 0 Å². The van der Waals surface area contributed by atoms with Gasteiger partial charge in [-0.2, -0.15) is 9.61 Å². The van der Waals surface area contributed by atoms with Crippen LogP contribution in [-0.4, -0.2) is 20.6 Å². The second-order valence-corrected chi connectivity index (χ2v) is 4.63. The molecule has 4 nitrogen and oxygen atoms in total. The van der Waals surface area contributed by atoms with Gasteiger partial charge in [-0.05, 0) is 37.5 Å². The van der Waals surface area contributed by atoms with Gasteiger partial charge in [0.2, 0.25) is 0 Å². The van der Waals surface area contributed by atoms with E-state index in [2.05, 4.69) is 49.2 Å². The molecule has 0 aromatic carbocycles. The number of pyridine rings is 1. The number of hydrogen-bond acceptors (Lipinski definition) is 3. The Kier molecular flexibility index (Phi) is 2.81. The molecule has 0 amide bonds. The average Bonchev–Trinajstić information content (AvgIpc) is 2.65. The summed E-state index contributed by atoms with van der Waals surface area (Å²) in [5.41, 5.74) is 2.08. The zero-order chi connectivity index (χ0) is 11.7. The maximum absolute atomic E-state index is 4.22. The normalized spacial score (nSPS) is 13.3. The smallest absolute Gasteiger partial charge is 0.157 e. The third kappa shape index (κ3) is 2.01. The molecule has 16 heavy (non-hydrogen) atoms. The molecule has 2 aromatic heterocycles. The van der Waals surface area contributed by atoms with E-state index in [1.165, 1.54) is 5.56 Å². The number of fused-ring (bicyclic) bond motifs is 1. The van der Waals surface area contributed by atoms with Gasteiger partial charge in [-0.3, -0.25) is 0 Å². The fraction of sp³-hybridized carbons (Fsp3) is 0.500. The summed E-state index contributed by atoms with van der Waals surface area (Å²) >= 11 is 0. The van der Waals surface area contributed by atoms with Gasteiger partial charge in [-0.25, -0.2) is 4.98 Å². The molecule has 0 aliphatic heterocycles. The van der Waals surface area contributed by atoms with E-state index in [-0.39, 0.29) is 0 Å². The Balaban J connectivity index is 2.39. The molecule has 0 saturated carbocycles. The van der Waals surface area contributed by atoms with E-state index in [0.29, 0.717) is 12.0 Å². The van der Waals surface area contributed by atoms with Crippen LogP contribution in [0.15, 0.2) is 18.5 Å². The Bertz CT molecular complexity index is 487. The zero-order valence-electron chi connectivity index (χ0n) is 10.2. The first kappa shape index (κ1) is 10.9. The number of nitrogens with one attached hydrogen (secondary N) is 1. The third-order valence-corrected chi connectivity index (χ3v) is 2.90. The Morgan fingerprint density at radius 1 is 1.25 bits per heavy atom. The predicted molar refractivity (Wildman–Crippen MR) is 65.6 cm³/mol. The van der Waals surface area contributed by atoms with Crippen LogP contribution in [0.4, 0.5) is 5.82 Å². The van der Waals surface area contributed by atoms with Crippen molar-refractivity contribution in [1.82, 2.24) is 14.6 Å². The van der Waals surface area contributed by atoms with E-state index in [9.17, 15) is 0 Å². The van der Waals surface area contributed by atoms with Gasteiger partial charge in [-0.1, -0.05) is 13.8 Å². The Morgan fingerprint density at radius 2 is 2.00 bits per heavy atom. The van der Waals surface area contributed by atoms with E-state index in [4.69, 9.17) is 0 Å². The zero-order valence-corrected chi connectivity index (χ0v) is 10.2. The van der Waals surface area contributed by atoms with Crippen LogP contribution >= 0.6 is 0 Å². The quantitative estimate of drug-likeness (QED) is 0.860. The van der Waals surface area contributed by atoms with E-state index in [1.807, 2.05) is 10.6 Å². The van der Waals surface area contributed by atoms with Crippen molar-refractivity contribution in [2.24, 2.45) is 5.92 Å². The topological polar surface area (TPSA) is 42.2 Å². The van der Waals surface area contributed by atoms with Crippen molar-refractivity contribution in [3.05, 3.63) is 24.0 Å². The molecule has 0 aliphatic carbocycles. The highest BCUT2D eigenvalue weighted by atomic mass is 15.3. The molecule has 86 valence electrons. The van der Waals surface area contributed by atoms with Crippen LogP contribution in [0.1, 0.15) is 26.3 Å². The fourth-order valence-corrected chi connectivity index (χ4v) is 1.56. The summed E-state index contributed by atoms with van der Waals surface area (Å²) in [5.74, 6) is 1.59. The summed E-state index contributed by atoms with van der Waals surface area (Å²) in [7, 11) is 0. The Labute approximate surface area is 95.7 Å². The number of aryl methyl sites for hydroxylation is 1. The molecule has 0 radical (unpaired) electrons. The highest BCUT2D eigenvalue weighted by molar-refractivity contribution is 5.51. The molecular weight excluding hydrogens is 200 g/mol. The number of rotatable bonds is 3. The summed E-state index contributed by atoms with van der Waals surface area (Å²) in [4.78, 5) is 4.20. The van der Waals surface area contributed by atoms with Crippen LogP contribution in [-0.2, 0) is 0 Å². The molecule has 1 atom stereocenters. The molecule has 0 bridgehead atoms. The van der Waals surface area contributed by atoms with Crippen LogP contribution in [0.2, 0.25) is 0 Å². The van der Waals surface area contributed by atoms with Gasteiger partial charge in [0.05, 0.1) is 0 Å². The van der Waals surface area contributed by atoms with Gasteiger partial charge < -0.3 is 5.32 Å². The van der Waals surface area contributed by atoms with Crippen molar-refractivity contribution in [3.8, 4) is 0 Å². The molecule has 0 aliphatic rings. The summed E-state index contributed by atoms with van der Waals surface area (Å²) in [6.45, 7) is 8.65. The number of aromatic nitrogens is 3. The lowest BCUT2D eigenvalue weighted by atomic mass is 10.1. The lowest BCUT2D eigenvalue weighted by molar-refractivity contribution is 0.556. The Hall–Kier alpha value is -1.58. The van der Waals surface area contributed by atoms with Crippen molar-refractivity contribution in [2.75, 3.05) is 5.32 Å². The van der Waals surface area contributed by atoms with Crippen molar-refractivity contribution in [2.45, 2.75) is 33.7 Å². The maximum Gasteiger partial charge on any atom is 0.157 e. The maximum atomic E-state index is 4.22. The summed E-state index contributed by atoms with van der Waals surface area (Å²) < 4.78 is 1.84. The third-order valence-electron chi connectivity index (χ3n) is 2.90. The molecule has 4 heteroatoms. The van der Waals surface area contributed by atoms with Gasteiger partial charge in [0.1, 0.15) is 12.1 Å². The van der Waals surface area contributed by atoms with Gasteiger partial charge in [0.15, 0.2) is 5.65 Å². The van der Waals surface area contributed by atoms with Crippen LogP contribution < -0.4 is 5.32 Å². The first-order valence-corrected chi connectivity index (χ1v) is 5.65. The van der Waals surface area contributed by atoms with Gasteiger partial charge in [0.25, 0.3) is 0 Å². The van der Waals surface area contributed by atoms with Gasteiger partial charge >= 0.3 is 0 Å². The largest absolute Gasteiger partial charge is 0.367 e. The van der Waals surface area contributed by atoms with Crippen LogP contribution in [0.5, 0.6) is 0 Å². The van der Waals surface area contributed by atoms with E-state index in [0.717, 1.165) is 11.5 Å². The highest BCUT2D eigenvalue weighted by Crippen LogP contribution is 2.16. The first-order chi connectivity index (χ1) is 7.58. The monoisotopic (exact) mass is 218 g/mol. The van der Waals surface area contributed by atoms with Crippen molar-refractivity contribution in [1.29, 1.82) is 0 Å². The molecule has 2 heterocycles. The minimum atomic E-state index is 0.411. The number of anilines is 1. The van der Waals surface area contributed by atoms with Crippen molar-refractivity contribution in [3.63, 3.8) is 0 Å². The Morgan fingerprint density at radius 3 is 2.69 bits per heavy atom. The molecule has 2 aromatic rings. The minimum Gasteiger partial charge on any atom is -0.367 e. The molecular formula is C12H18N4. The second kappa shape index (κ2) is 4.12. The fourth-order valence-electron chi connectivity index (χ4n) is 1.56. The summed E-state index contributed by atoms with van der Waals surface area (Å²) in [6, 6.07) is 4.54. The minimum absolute atomic E-state index is 0.411. The SMILES string of the molecule is Cc1cc(NC(C)C(C)C)n2ncnc2c1. The molecule has 2 rings (SSSR count). The van der Waals surface area contributed by atoms with E-state index >= 15 is 0 Å². The van der Waals surface area contributed by atoms with Gasteiger partial charge in [-0.15, -0.1) is 0 Å². The first-order valence-electron chi connectivity index (χ1n) is 5.65. The second-order valence-electron chi connectivity index (χ2n) is 4.63. The van der Waals surface area contributed by atoms with Crippen molar-refractivity contribution >= 4 is 11.5 Å². The van der Waals surface area contributed by atoms with E-state index in [1.54, 1.807) is 6.33 Å². The summed E-state index contributed by atoms with van der Waals surface area (Å²) in [5, 5.41) is 7.69. The van der Waals surface area contributed by atoms with Crippen LogP contribution in [0, 0.1) is 12.8 Å².